The van der Waals surface area contributed by atoms with Crippen LogP contribution >= 0.6 is 15.9 Å². The molecule has 0 aromatic heterocycles. The molecule has 1 fully saturated rings. The molecule has 1 aliphatic heterocycles. The lowest BCUT2D eigenvalue weighted by atomic mass is 10.2. The molecule has 1 saturated heterocycles. The quantitative estimate of drug-likeness (QED) is 0.884. The van der Waals surface area contributed by atoms with E-state index in [0.717, 1.165) is 23.2 Å². The Morgan fingerprint density at radius 3 is 3.13 bits per heavy atom. The lowest BCUT2D eigenvalue weighted by molar-refractivity contribution is 0.623. The smallest absolute Gasteiger partial charge is 0.125 e. The number of rotatable bonds is 3. The molecule has 1 heterocycles. The molecule has 0 bridgehead atoms. The molecule has 1 unspecified atom stereocenters. The van der Waals surface area contributed by atoms with Crippen LogP contribution in [0.3, 0.4) is 0 Å². The highest BCUT2D eigenvalue weighted by atomic mass is 79.9. The van der Waals surface area contributed by atoms with Gasteiger partial charge in [-0.25, -0.2) is 4.39 Å². The minimum atomic E-state index is -0.208. The molecular weight excluding hydrogens is 259 g/mol. The van der Waals surface area contributed by atoms with Crippen molar-refractivity contribution in [3.63, 3.8) is 0 Å². The van der Waals surface area contributed by atoms with Crippen molar-refractivity contribution in [3.8, 4) is 0 Å². The fraction of sp³-hybridized carbons (Fsp3) is 0.455. The summed E-state index contributed by atoms with van der Waals surface area (Å²) in [6, 6.07) is 5.20. The summed E-state index contributed by atoms with van der Waals surface area (Å²) in [5.41, 5.74) is 0.823. The Balaban J connectivity index is 1.94. The molecule has 1 aromatic rings. The molecule has 0 radical (unpaired) electrons. The van der Waals surface area contributed by atoms with Crippen molar-refractivity contribution in [2.45, 2.75) is 18.9 Å². The van der Waals surface area contributed by atoms with Gasteiger partial charge in [0.15, 0.2) is 0 Å². The van der Waals surface area contributed by atoms with Crippen LogP contribution < -0.4 is 10.6 Å². The summed E-state index contributed by atoms with van der Waals surface area (Å²) in [6.45, 7) is 1.94. The second-order valence-corrected chi connectivity index (χ2v) is 4.65. The van der Waals surface area contributed by atoms with Gasteiger partial charge in [0.2, 0.25) is 0 Å². The van der Waals surface area contributed by atoms with Crippen LogP contribution in [0.5, 0.6) is 0 Å². The van der Waals surface area contributed by atoms with Crippen LogP contribution in [0.1, 0.15) is 12.8 Å². The third kappa shape index (κ3) is 2.92. The molecule has 2 N–H and O–H groups in total. The molecule has 15 heavy (non-hydrogen) atoms. The number of anilines is 1. The first kappa shape index (κ1) is 10.9. The number of benzene rings is 1. The molecule has 1 atom stereocenters. The minimum absolute atomic E-state index is 0.208. The van der Waals surface area contributed by atoms with E-state index in [9.17, 15) is 4.39 Å². The molecule has 0 aliphatic carbocycles. The fourth-order valence-electron chi connectivity index (χ4n) is 1.80. The third-order valence-corrected chi connectivity index (χ3v) is 3.32. The number of halogens is 2. The van der Waals surface area contributed by atoms with Crippen molar-refractivity contribution < 1.29 is 4.39 Å². The second kappa shape index (κ2) is 4.94. The van der Waals surface area contributed by atoms with Crippen LogP contribution in [0.4, 0.5) is 10.1 Å². The van der Waals surface area contributed by atoms with Crippen LogP contribution in [0.25, 0.3) is 0 Å². The van der Waals surface area contributed by atoms with Gasteiger partial charge in [-0.3, -0.25) is 0 Å². The molecular formula is C11H14BrFN2. The Bertz CT molecular complexity index is 337. The van der Waals surface area contributed by atoms with E-state index in [1.54, 1.807) is 6.07 Å². The Morgan fingerprint density at radius 2 is 2.40 bits per heavy atom. The van der Waals surface area contributed by atoms with E-state index in [4.69, 9.17) is 0 Å². The Hall–Kier alpha value is -0.610. The van der Waals surface area contributed by atoms with Crippen molar-refractivity contribution in [2.75, 3.05) is 18.4 Å². The topological polar surface area (TPSA) is 24.1 Å². The maximum absolute atomic E-state index is 13.0. The van der Waals surface area contributed by atoms with Crippen LogP contribution in [0.15, 0.2) is 22.7 Å². The lowest BCUT2D eigenvalue weighted by Crippen LogP contribution is -2.29. The van der Waals surface area contributed by atoms with Crippen LogP contribution in [0.2, 0.25) is 0 Å². The van der Waals surface area contributed by atoms with E-state index in [1.165, 1.54) is 25.0 Å². The summed E-state index contributed by atoms with van der Waals surface area (Å²) in [6.07, 6.45) is 2.43. The van der Waals surface area contributed by atoms with E-state index in [2.05, 4.69) is 26.6 Å². The zero-order valence-electron chi connectivity index (χ0n) is 8.39. The largest absolute Gasteiger partial charge is 0.382 e. The van der Waals surface area contributed by atoms with Crippen LogP contribution in [-0.2, 0) is 0 Å². The third-order valence-electron chi connectivity index (χ3n) is 2.63. The summed E-state index contributed by atoms with van der Waals surface area (Å²) in [5, 5.41) is 6.64. The average Bonchev–Trinajstić information content (AvgIpc) is 2.72. The fourth-order valence-corrected chi connectivity index (χ4v) is 2.18. The Labute approximate surface area is 97.4 Å². The molecule has 2 rings (SSSR count). The standard InChI is InChI=1S/C11H14BrFN2/c12-10-4-3-8(13)6-11(10)15-7-9-2-1-5-14-9/h3-4,6,9,14-15H,1-2,5,7H2. The van der Waals surface area contributed by atoms with Crippen molar-refractivity contribution in [1.82, 2.24) is 5.32 Å². The lowest BCUT2D eigenvalue weighted by Gasteiger charge is -2.13. The normalized spacial score (nSPS) is 20.5. The van der Waals surface area contributed by atoms with E-state index in [-0.39, 0.29) is 5.82 Å². The van der Waals surface area contributed by atoms with Crippen molar-refractivity contribution in [1.29, 1.82) is 0 Å². The summed E-state index contributed by atoms with van der Waals surface area (Å²) in [4.78, 5) is 0. The number of hydrogen-bond acceptors (Lipinski definition) is 2. The van der Waals surface area contributed by atoms with Gasteiger partial charge in [0.05, 0.1) is 5.69 Å². The van der Waals surface area contributed by atoms with E-state index >= 15 is 0 Å². The highest BCUT2D eigenvalue weighted by Gasteiger charge is 2.13. The summed E-state index contributed by atoms with van der Waals surface area (Å²) < 4.78 is 13.9. The number of nitrogens with one attached hydrogen (secondary N) is 2. The molecule has 1 aliphatic rings. The van der Waals surface area contributed by atoms with Gasteiger partial charge in [0.1, 0.15) is 5.82 Å². The summed E-state index contributed by atoms with van der Waals surface area (Å²) in [5.74, 6) is -0.208. The van der Waals surface area contributed by atoms with E-state index < -0.39 is 0 Å². The number of hydrogen-bond donors (Lipinski definition) is 2. The monoisotopic (exact) mass is 272 g/mol. The average molecular weight is 273 g/mol. The zero-order valence-corrected chi connectivity index (χ0v) is 9.98. The van der Waals surface area contributed by atoms with E-state index in [0.29, 0.717) is 6.04 Å². The minimum Gasteiger partial charge on any atom is -0.382 e. The highest BCUT2D eigenvalue weighted by molar-refractivity contribution is 9.10. The summed E-state index contributed by atoms with van der Waals surface area (Å²) in [7, 11) is 0. The molecule has 2 nitrogen and oxygen atoms in total. The first-order valence-electron chi connectivity index (χ1n) is 5.18. The first-order valence-corrected chi connectivity index (χ1v) is 5.97. The van der Waals surface area contributed by atoms with E-state index in [1.807, 2.05) is 0 Å². The zero-order chi connectivity index (χ0) is 10.7. The Kier molecular flexibility index (Phi) is 3.59. The SMILES string of the molecule is Fc1ccc(Br)c(NCC2CCCN2)c1. The molecule has 4 heteroatoms. The van der Waals surface area contributed by atoms with Gasteiger partial charge in [-0.15, -0.1) is 0 Å². The predicted octanol–water partition coefficient (Wildman–Crippen LogP) is 2.75. The van der Waals surface area contributed by atoms with Crippen LogP contribution in [-0.4, -0.2) is 19.1 Å². The van der Waals surface area contributed by atoms with Crippen molar-refractivity contribution in [2.24, 2.45) is 0 Å². The van der Waals surface area contributed by atoms with Gasteiger partial charge < -0.3 is 10.6 Å². The van der Waals surface area contributed by atoms with Gasteiger partial charge in [0.25, 0.3) is 0 Å². The van der Waals surface area contributed by atoms with Crippen LogP contribution in [0, 0.1) is 5.82 Å². The molecule has 0 amide bonds. The van der Waals surface area contributed by atoms with Gasteiger partial charge in [-0.05, 0) is 53.5 Å². The maximum atomic E-state index is 13.0. The van der Waals surface area contributed by atoms with Gasteiger partial charge in [0, 0.05) is 17.1 Å². The molecule has 0 saturated carbocycles. The molecule has 1 aromatic carbocycles. The Morgan fingerprint density at radius 1 is 1.53 bits per heavy atom. The molecule has 0 spiro atoms. The van der Waals surface area contributed by atoms with Crippen molar-refractivity contribution >= 4 is 21.6 Å². The molecule has 82 valence electrons. The highest BCUT2D eigenvalue weighted by Crippen LogP contribution is 2.23. The maximum Gasteiger partial charge on any atom is 0.125 e. The first-order chi connectivity index (χ1) is 7.25. The summed E-state index contributed by atoms with van der Waals surface area (Å²) >= 11 is 3.39. The van der Waals surface area contributed by atoms with Gasteiger partial charge >= 0.3 is 0 Å². The van der Waals surface area contributed by atoms with Crippen molar-refractivity contribution in [3.05, 3.63) is 28.5 Å². The second-order valence-electron chi connectivity index (χ2n) is 3.80. The van der Waals surface area contributed by atoms with Gasteiger partial charge in [-0.1, -0.05) is 0 Å². The predicted molar refractivity (Wildman–Crippen MR) is 63.6 cm³/mol. The van der Waals surface area contributed by atoms with Gasteiger partial charge in [-0.2, -0.15) is 0 Å².